The molecule has 0 fully saturated rings. The van der Waals surface area contributed by atoms with Crippen LogP contribution in [0.5, 0.6) is 5.75 Å². The second-order valence-corrected chi connectivity index (χ2v) is 5.05. The molecule has 0 amide bonds. The zero-order chi connectivity index (χ0) is 14.5. The van der Waals surface area contributed by atoms with Gasteiger partial charge in [-0.3, -0.25) is 0 Å². The minimum absolute atomic E-state index is 0.359. The summed E-state index contributed by atoms with van der Waals surface area (Å²) in [5, 5.41) is 8.85. The summed E-state index contributed by atoms with van der Waals surface area (Å²) in [5.74, 6) is 1.51. The maximum atomic E-state index is 8.85. The van der Waals surface area contributed by atoms with Crippen LogP contribution in [0.2, 0.25) is 0 Å². The topological polar surface area (TPSA) is 62.0 Å². The van der Waals surface area contributed by atoms with E-state index in [9.17, 15) is 0 Å². The van der Waals surface area contributed by atoms with Crippen LogP contribution in [0.1, 0.15) is 11.3 Å². The fourth-order valence-corrected chi connectivity index (χ4v) is 2.37. The number of hydrogen-bond donors (Lipinski definition) is 0. The van der Waals surface area contributed by atoms with E-state index in [-0.39, 0.29) is 0 Å². The maximum absolute atomic E-state index is 8.85. The Balaban J connectivity index is 2.17. The fraction of sp³-hybridized carbons (Fsp3) is 0.214. The lowest BCUT2D eigenvalue weighted by atomic mass is 10.2. The Morgan fingerprint density at radius 1 is 1.35 bits per heavy atom. The first kappa shape index (κ1) is 14.3. The number of benzene rings is 1. The van der Waals surface area contributed by atoms with E-state index in [0.717, 1.165) is 15.8 Å². The first-order valence-electron chi connectivity index (χ1n) is 5.89. The van der Waals surface area contributed by atoms with E-state index in [1.54, 1.807) is 13.2 Å². The van der Waals surface area contributed by atoms with Crippen LogP contribution in [0, 0.1) is 11.3 Å². The monoisotopic (exact) mass is 332 g/mol. The van der Waals surface area contributed by atoms with Gasteiger partial charge in [0.25, 0.3) is 0 Å². The van der Waals surface area contributed by atoms with Crippen molar-refractivity contribution in [3.8, 4) is 11.8 Å². The Labute approximate surface area is 126 Å². The first-order valence-corrected chi connectivity index (χ1v) is 6.69. The summed E-state index contributed by atoms with van der Waals surface area (Å²) in [6.07, 6.45) is 1.40. The smallest absolute Gasteiger partial charge is 0.145 e. The standard InChI is InChI=1S/C14H13BrN4O/c1-19(14-6-11(7-16)17-9-18-14)8-10-3-4-13(20-2)12(15)5-10/h3-6,9H,8H2,1-2H3. The van der Waals surface area contributed by atoms with Crippen molar-refractivity contribution >= 4 is 21.7 Å². The second kappa shape index (κ2) is 6.35. The Bertz CT molecular complexity index is 654. The van der Waals surface area contributed by atoms with Crippen LogP contribution in [-0.2, 0) is 6.54 Å². The van der Waals surface area contributed by atoms with E-state index >= 15 is 0 Å². The van der Waals surface area contributed by atoms with Gasteiger partial charge in [0.2, 0.25) is 0 Å². The van der Waals surface area contributed by atoms with Gasteiger partial charge < -0.3 is 9.64 Å². The van der Waals surface area contributed by atoms with Crippen LogP contribution in [0.15, 0.2) is 35.1 Å². The molecule has 2 aromatic rings. The summed E-state index contributed by atoms with van der Waals surface area (Å²) >= 11 is 3.46. The Morgan fingerprint density at radius 3 is 2.80 bits per heavy atom. The molecule has 0 saturated carbocycles. The van der Waals surface area contributed by atoms with Crippen molar-refractivity contribution in [3.63, 3.8) is 0 Å². The molecule has 5 nitrogen and oxygen atoms in total. The van der Waals surface area contributed by atoms with Gasteiger partial charge in [-0.2, -0.15) is 5.26 Å². The minimum Gasteiger partial charge on any atom is -0.496 e. The number of hydrogen-bond acceptors (Lipinski definition) is 5. The third-order valence-corrected chi connectivity index (χ3v) is 3.41. The van der Waals surface area contributed by atoms with Crippen molar-refractivity contribution in [3.05, 3.63) is 46.3 Å². The number of anilines is 1. The lowest BCUT2D eigenvalue weighted by molar-refractivity contribution is 0.412. The fourth-order valence-electron chi connectivity index (χ4n) is 1.78. The molecule has 0 aliphatic heterocycles. The van der Waals surface area contributed by atoms with E-state index in [0.29, 0.717) is 18.1 Å². The number of nitriles is 1. The number of halogens is 1. The maximum Gasteiger partial charge on any atom is 0.145 e. The molecule has 2 rings (SSSR count). The molecule has 0 N–H and O–H groups in total. The zero-order valence-electron chi connectivity index (χ0n) is 11.2. The van der Waals surface area contributed by atoms with Crippen molar-refractivity contribution in [2.75, 3.05) is 19.1 Å². The SMILES string of the molecule is COc1ccc(CN(C)c2cc(C#N)ncn2)cc1Br. The Kier molecular flexibility index (Phi) is 4.53. The van der Waals surface area contributed by atoms with Crippen molar-refractivity contribution < 1.29 is 4.74 Å². The summed E-state index contributed by atoms with van der Waals surface area (Å²) in [6.45, 7) is 0.671. The molecular formula is C14H13BrN4O. The molecule has 0 spiro atoms. The summed E-state index contributed by atoms with van der Waals surface area (Å²) < 4.78 is 6.11. The quantitative estimate of drug-likeness (QED) is 0.861. The van der Waals surface area contributed by atoms with Gasteiger partial charge in [0.15, 0.2) is 0 Å². The van der Waals surface area contributed by atoms with Crippen LogP contribution >= 0.6 is 15.9 Å². The summed E-state index contributed by atoms with van der Waals surface area (Å²) in [7, 11) is 3.55. The Morgan fingerprint density at radius 2 is 2.15 bits per heavy atom. The molecule has 0 radical (unpaired) electrons. The highest BCUT2D eigenvalue weighted by atomic mass is 79.9. The number of methoxy groups -OCH3 is 1. The number of nitrogens with zero attached hydrogens (tertiary/aromatic N) is 4. The van der Waals surface area contributed by atoms with E-state index in [2.05, 4.69) is 25.9 Å². The van der Waals surface area contributed by atoms with Crippen LogP contribution in [-0.4, -0.2) is 24.1 Å². The molecule has 0 aliphatic rings. The van der Waals surface area contributed by atoms with Gasteiger partial charge >= 0.3 is 0 Å². The van der Waals surface area contributed by atoms with E-state index in [1.807, 2.05) is 36.2 Å². The predicted molar refractivity (Wildman–Crippen MR) is 79.5 cm³/mol. The second-order valence-electron chi connectivity index (χ2n) is 4.20. The summed E-state index contributed by atoms with van der Waals surface area (Å²) in [4.78, 5) is 9.98. The molecule has 1 heterocycles. The van der Waals surface area contributed by atoms with Crippen LogP contribution < -0.4 is 9.64 Å². The summed E-state index contributed by atoms with van der Waals surface area (Å²) in [6, 6.07) is 9.58. The number of rotatable bonds is 4. The molecule has 1 aromatic carbocycles. The molecule has 0 atom stereocenters. The lowest BCUT2D eigenvalue weighted by Gasteiger charge is -2.18. The highest BCUT2D eigenvalue weighted by Gasteiger charge is 2.07. The van der Waals surface area contributed by atoms with Gasteiger partial charge in [0.1, 0.15) is 29.7 Å². The molecule has 102 valence electrons. The molecule has 6 heteroatoms. The van der Waals surface area contributed by atoms with Gasteiger partial charge in [-0.05, 0) is 33.6 Å². The summed E-state index contributed by atoms with van der Waals surface area (Å²) in [5.41, 5.74) is 1.47. The van der Waals surface area contributed by atoms with Gasteiger partial charge in [0, 0.05) is 19.7 Å². The van der Waals surface area contributed by atoms with Crippen molar-refractivity contribution in [1.82, 2.24) is 9.97 Å². The molecule has 1 aromatic heterocycles. The molecular weight excluding hydrogens is 320 g/mol. The van der Waals surface area contributed by atoms with Gasteiger partial charge in [-0.25, -0.2) is 9.97 Å². The first-order chi connectivity index (χ1) is 9.63. The minimum atomic E-state index is 0.359. The highest BCUT2D eigenvalue weighted by Crippen LogP contribution is 2.26. The largest absolute Gasteiger partial charge is 0.496 e. The average molecular weight is 333 g/mol. The van der Waals surface area contributed by atoms with Crippen LogP contribution in [0.25, 0.3) is 0 Å². The highest BCUT2D eigenvalue weighted by molar-refractivity contribution is 9.10. The number of ether oxygens (including phenoxy) is 1. The molecule has 0 saturated heterocycles. The Hall–Kier alpha value is -2.13. The van der Waals surface area contributed by atoms with E-state index in [1.165, 1.54) is 6.33 Å². The molecule has 0 aliphatic carbocycles. The van der Waals surface area contributed by atoms with Crippen molar-refractivity contribution in [2.45, 2.75) is 6.54 Å². The normalized spacial score (nSPS) is 9.90. The van der Waals surface area contributed by atoms with Crippen molar-refractivity contribution in [2.24, 2.45) is 0 Å². The zero-order valence-corrected chi connectivity index (χ0v) is 12.8. The van der Waals surface area contributed by atoms with E-state index < -0.39 is 0 Å². The van der Waals surface area contributed by atoms with Crippen LogP contribution in [0.4, 0.5) is 5.82 Å². The molecule has 20 heavy (non-hydrogen) atoms. The third kappa shape index (κ3) is 3.25. The lowest BCUT2D eigenvalue weighted by Crippen LogP contribution is -2.18. The molecule has 0 bridgehead atoms. The third-order valence-electron chi connectivity index (χ3n) is 2.79. The van der Waals surface area contributed by atoms with Gasteiger partial charge in [-0.15, -0.1) is 0 Å². The van der Waals surface area contributed by atoms with Gasteiger partial charge in [-0.1, -0.05) is 6.07 Å². The van der Waals surface area contributed by atoms with Gasteiger partial charge in [0.05, 0.1) is 11.6 Å². The number of aromatic nitrogens is 2. The predicted octanol–water partition coefficient (Wildman–Crippen LogP) is 2.76. The van der Waals surface area contributed by atoms with E-state index in [4.69, 9.17) is 10.00 Å². The van der Waals surface area contributed by atoms with Crippen LogP contribution in [0.3, 0.4) is 0 Å². The molecule has 0 unspecified atom stereocenters. The average Bonchev–Trinajstić information content (AvgIpc) is 2.47. The van der Waals surface area contributed by atoms with Crippen molar-refractivity contribution in [1.29, 1.82) is 5.26 Å².